The van der Waals surface area contributed by atoms with Crippen molar-refractivity contribution >= 4 is 11.9 Å². The molecule has 0 spiro atoms. The highest BCUT2D eigenvalue weighted by atomic mass is 16.5. The molecule has 25 heavy (non-hydrogen) atoms. The van der Waals surface area contributed by atoms with Crippen LogP contribution in [-0.4, -0.2) is 35.7 Å². The fourth-order valence-electron chi connectivity index (χ4n) is 3.53. The number of carboxylic acid groups (broad SMARTS) is 1. The summed E-state index contributed by atoms with van der Waals surface area (Å²) in [5.41, 5.74) is 1.21. The van der Waals surface area contributed by atoms with Crippen molar-refractivity contribution in [2.75, 3.05) is 6.61 Å². The maximum atomic E-state index is 11.8. The summed E-state index contributed by atoms with van der Waals surface area (Å²) in [6, 6.07) is 10.6. The van der Waals surface area contributed by atoms with E-state index < -0.39 is 5.97 Å². The third-order valence-electron chi connectivity index (χ3n) is 4.85. The van der Waals surface area contributed by atoms with Crippen LogP contribution in [0.1, 0.15) is 51.0 Å². The molecule has 0 amide bonds. The first-order valence-corrected chi connectivity index (χ1v) is 9.27. The van der Waals surface area contributed by atoms with Crippen molar-refractivity contribution in [3.63, 3.8) is 0 Å². The van der Waals surface area contributed by atoms with Crippen LogP contribution in [0.25, 0.3) is 0 Å². The van der Waals surface area contributed by atoms with Gasteiger partial charge in [-0.15, -0.1) is 0 Å². The van der Waals surface area contributed by atoms with Gasteiger partial charge in [-0.3, -0.25) is 9.59 Å². The van der Waals surface area contributed by atoms with Gasteiger partial charge in [0.2, 0.25) is 0 Å². The van der Waals surface area contributed by atoms with Crippen molar-refractivity contribution in [3.05, 3.63) is 35.9 Å². The van der Waals surface area contributed by atoms with Crippen molar-refractivity contribution in [2.24, 2.45) is 5.92 Å². The molecule has 0 heterocycles. The van der Waals surface area contributed by atoms with E-state index in [9.17, 15) is 9.59 Å². The van der Waals surface area contributed by atoms with Crippen LogP contribution in [0.15, 0.2) is 30.3 Å². The van der Waals surface area contributed by atoms with Crippen LogP contribution in [0.5, 0.6) is 0 Å². The number of hydrogen-bond acceptors (Lipinski definition) is 4. The van der Waals surface area contributed by atoms with Gasteiger partial charge in [-0.1, -0.05) is 30.3 Å². The number of carboxylic acids is 1. The number of esters is 1. The molecule has 0 aromatic heterocycles. The molecule has 1 aliphatic rings. The lowest BCUT2D eigenvalue weighted by molar-refractivity contribution is -0.149. The van der Waals surface area contributed by atoms with Crippen molar-refractivity contribution < 1.29 is 19.4 Å². The summed E-state index contributed by atoms with van der Waals surface area (Å²) in [5, 5.41) is 12.6. The van der Waals surface area contributed by atoms with E-state index in [1.54, 1.807) is 0 Å². The van der Waals surface area contributed by atoms with E-state index in [0.717, 1.165) is 32.1 Å². The number of aliphatic carboxylic acids is 1. The van der Waals surface area contributed by atoms with Gasteiger partial charge in [-0.25, -0.2) is 0 Å². The number of ether oxygens (including phenoxy) is 1. The highest BCUT2D eigenvalue weighted by Gasteiger charge is 2.28. The van der Waals surface area contributed by atoms with Crippen LogP contribution in [0.2, 0.25) is 0 Å². The summed E-state index contributed by atoms with van der Waals surface area (Å²) in [6.45, 7) is 2.27. The van der Waals surface area contributed by atoms with Gasteiger partial charge in [-0.2, -0.15) is 0 Å². The van der Waals surface area contributed by atoms with E-state index in [-0.39, 0.29) is 24.3 Å². The molecule has 1 saturated carbocycles. The lowest BCUT2D eigenvalue weighted by Crippen LogP contribution is -2.42. The highest BCUT2D eigenvalue weighted by Crippen LogP contribution is 2.26. The zero-order valence-electron chi connectivity index (χ0n) is 14.9. The van der Waals surface area contributed by atoms with Crippen LogP contribution in [-0.2, 0) is 20.7 Å². The molecule has 0 saturated heterocycles. The average Bonchev–Trinajstić information content (AvgIpc) is 2.61. The number of nitrogens with one attached hydrogen (secondary N) is 1. The molecular formula is C20H29NO4. The Hall–Kier alpha value is -1.88. The fourth-order valence-corrected chi connectivity index (χ4v) is 3.53. The standard InChI is InChI=1S/C20H29NO4/c1-2-25-20(24)16-8-10-17(11-9-16)21-18(12-13-19(22)23)14-15-6-4-3-5-7-15/h3-7,16-18,21H,2,8-14H2,1H3,(H,22,23). The van der Waals surface area contributed by atoms with E-state index in [2.05, 4.69) is 17.4 Å². The number of carbonyl (C=O) groups is 2. The number of carbonyl (C=O) groups excluding carboxylic acids is 1. The first-order chi connectivity index (χ1) is 12.1. The minimum atomic E-state index is -0.758. The molecule has 1 atom stereocenters. The molecule has 5 nitrogen and oxygen atoms in total. The second kappa shape index (κ2) is 10.2. The normalized spacial score (nSPS) is 21.5. The van der Waals surface area contributed by atoms with Crippen LogP contribution >= 0.6 is 0 Å². The van der Waals surface area contributed by atoms with Crippen molar-refractivity contribution in [1.29, 1.82) is 0 Å². The van der Waals surface area contributed by atoms with Gasteiger partial charge >= 0.3 is 11.9 Å². The zero-order chi connectivity index (χ0) is 18.1. The van der Waals surface area contributed by atoms with Crippen molar-refractivity contribution in [2.45, 2.75) is 64.0 Å². The SMILES string of the molecule is CCOC(=O)C1CCC(NC(CCC(=O)O)Cc2ccccc2)CC1. The Morgan fingerprint density at radius 2 is 1.88 bits per heavy atom. The van der Waals surface area contributed by atoms with Crippen LogP contribution in [0.3, 0.4) is 0 Å². The maximum Gasteiger partial charge on any atom is 0.308 e. The Kier molecular flexibility index (Phi) is 7.92. The lowest BCUT2D eigenvalue weighted by Gasteiger charge is -2.31. The number of benzene rings is 1. The second-order valence-corrected chi connectivity index (χ2v) is 6.79. The molecule has 1 aromatic carbocycles. The highest BCUT2D eigenvalue weighted by molar-refractivity contribution is 5.72. The van der Waals surface area contributed by atoms with Crippen molar-refractivity contribution in [3.8, 4) is 0 Å². The molecule has 1 fully saturated rings. The van der Waals surface area contributed by atoms with Gasteiger partial charge < -0.3 is 15.2 Å². The minimum Gasteiger partial charge on any atom is -0.481 e. The van der Waals surface area contributed by atoms with Gasteiger partial charge in [-0.05, 0) is 51.0 Å². The quantitative estimate of drug-likeness (QED) is 0.671. The summed E-state index contributed by atoms with van der Waals surface area (Å²) < 4.78 is 5.12. The van der Waals surface area contributed by atoms with Crippen LogP contribution < -0.4 is 5.32 Å². The molecule has 138 valence electrons. The molecule has 1 unspecified atom stereocenters. The molecule has 0 bridgehead atoms. The smallest absolute Gasteiger partial charge is 0.308 e. The number of rotatable bonds is 9. The predicted octanol–water partition coefficient (Wildman–Crippen LogP) is 3.17. The summed E-state index contributed by atoms with van der Waals surface area (Å²) in [7, 11) is 0. The van der Waals surface area contributed by atoms with Crippen molar-refractivity contribution in [1.82, 2.24) is 5.32 Å². The molecule has 0 aliphatic heterocycles. The van der Waals surface area contributed by atoms with Crippen LogP contribution in [0, 0.1) is 5.92 Å². The fraction of sp³-hybridized carbons (Fsp3) is 0.600. The van der Waals surface area contributed by atoms with Gasteiger partial charge in [0.05, 0.1) is 12.5 Å². The molecule has 0 radical (unpaired) electrons. The summed E-state index contributed by atoms with van der Waals surface area (Å²) in [4.78, 5) is 22.8. The monoisotopic (exact) mass is 347 g/mol. The Morgan fingerprint density at radius 1 is 1.20 bits per heavy atom. The average molecular weight is 347 g/mol. The van der Waals surface area contributed by atoms with E-state index in [1.807, 2.05) is 25.1 Å². The molecule has 5 heteroatoms. The zero-order valence-corrected chi connectivity index (χ0v) is 14.9. The molecule has 2 rings (SSSR count). The molecule has 1 aliphatic carbocycles. The molecule has 2 N–H and O–H groups in total. The van der Waals surface area contributed by atoms with E-state index in [0.29, 0.717) is 19.1 Å². The lowest BCUT2D eigenvalue weighted by atomic mass is 9.85. The Balaban J connectivity index is 1.86. The van der Waals surface area contributed by atoms with Gasteiger partial charge in [0.15, 0.2) is 0 Å². The maximum absolute atomic E-state index is 11.8. The third-order valence-corrected chi connectivity index (χ3v) is 4.85. The Labute approximate surface area is 149 Å². The molecular weight excluding hydrogens is 318 g/mol. The first-order valence-electron chi connectivity index (χ1n) is 9.27. The summed E-state index contributed by atoms with van der Waals surface area (Å²) in [6.07, 6.45) is 5.15. The van der Waals surface area contributed by atoms with E-state index in [4.69, 9.17) is 9.84 Å². The topological polar surface area (TPSA) is 75.6 Å². The van der Waals surface area contributed by atoms with Gasteiger partial charge in [0, 0.05) is 18.5 Å². The second-order valence-electron chi connectivity index (χ2n) is 6.79. The van der Waals surface area contributed by atoms with Gasteiger partial charge in [0.25, 0.3) is 0 Å². The van der Waals surface area contributed by atoms with Crippen LogP contribution in [0.4, 0.5) is 0 Å². The largest absolute Gasteiger partial charge is 0.481 e. The Morgan fingerprint density at radius 3 is 2.48 bits per heavy atom. The Bertz CT molecular complexity index is 538. The first kappa shape index (κ1) is 19.4. The van der Waals surface area contributed by atoms with Gasteiger partial charge in [0.1, 0.15) is 0 Å². The number of hydrogen-bond donors (Lipinski definition) is 2. The minimum absolute atomic E-state index is 0.0181. The summed E-state index contributed by atoms with van der Waals surface area (Å²) in [5.74, 6) is -0.817. The molecule has 1 aromatic rings. The van der Waals surface area contributed by atoms with E-state index in [1.165, 1.54) is 5.56 Å². The summed E-state index contributed by atoms with van der Waals surface area (Å²) >= 11 is 0. The van der Waals surface area contributed by atoms with E-state index >= 15 is 0 Å². The third kappa shape index (κ3) is 6.86. The predicted molar refractivity (Wildman–Crippen MR) is 96.3 cm³/mol.